The average Bonchev–Trinajstić information content (AvgIpc) is 2.96. The van der Waals surface area contributed by atoms with Crippen LogP contribution in [0.1, 0.15) is 31.1 Å². The van der Waals surface area contributed by atoms with Crippen molar-refractivity contribution >= 4 is 21.4 Å². The van der Waals surface area contributed by atoms with Gasteiger partial charge in [0.1, 0.15) is 15.2 Å². The van der Waals surface area contributed by atoms with Gasteiger partial charge in [-0.3, -0.25) is 4.90 Å². The van der Waals surface area contributed by atoms with Crippen LogP contribution < -0.4 is 0 Å². The lowest BCUT2D eigenvalue weighted by Gasteiger charge is -2.46. The van der Waals surface area contributed by atoms with E-state index >= 15 is 0 Å². The van der Waals surface area contributed by atoms with E-state index in [9.17, 15) is 8.42 Å². The molecule has 2 aliphatic rings. The fraction of sp³-hybridized carbons (Fsp3) is 0.643. The quantitative estimate of drug-likeness (QED) is 0.832. The molecule has 2 atom stereocenters. The van der Waals surface area contributed by atoms with Crippen LogP contribution in [0.4, 0.5) is 0 Å². The van der Waals surface area contributed by atoms with Crippen LogP contribution in [-0.4, -0.2) is 49.3 Å². The minimum Gasteiger partial charge on any atom is -0.297 e. The van der Waals surface area contributed by atoms with Gasteiger partial charge in [0.15, 0.2) is 0 Å². The Bertz CT molecular complexity index is 662. The number of hydrogen-bond donors (Lipinski definition) is 0. The Hall–Kier alpha value is -0.940. The summed E-state index contributed by atoms with van der Waals surface area (Å²) in [7, 11) is -3.48. The lowest BCUT2D eigenvalue weighted by molar-refractivity contribution is 0.0565. The maximum atomic E-state index is 12.8. The Balaban J connectivity index is 1.86. The number of rotatable bonds is 2. The first-order chi connectivity index (χ1) is 10.0. The molecule has 3 rings (SSSR count). The number of fused-ring (bicyclic) bond motifs is 1. The van der Waals surface area contributed by atoms with Gasteiger partial charge < -0.3 is 0 Å². The van der Waals surface area contributed by atoms with Crippen LogP contribution >= 0.6 is 11.3 Å². The topological polar surface area (TPSA) is 64.4 Å². The molecule has 2 fully saturated rings. The van der Waals surface area contributed by atoms with Gasteiger partial charge in [0.05, 0.1) is 0 Å². The molecule has 2 unspecified atom stereocenters. The first-order valence-corrected chi connectivity index (χ1v) is 9.54. The molecule has 114 valence electrons. The third kappa shape index (κ3) is 2.73. The summed E-state index contributed by atoms with van der Waals surface area (Å²) < 4.78 is 27.5. The summed E-state index contributed by atoms with van der Waals surface area (Å²) in [5.41, 5.74) is 0. The van der Waals surface area contributed by atoms with Crippen molar-refractivity contribution in [1.29, 1.82) is 5.26 Å². The van der Waals surface area contributed by atoms with Crippen molar-refractivity contribution in [3.63, 3.8) is 0 Å². The van der Waals surface area contributed by atoms with Gasteiger partial charge in [-0.2, -0.15) is 9.57 Å². The second-order valence-corrected chi connectivity index (χ2v) is 9.00. The van der Waals surface area contributed by atoms with Gasteiger partial charge in [0.25, 0.3) is 10.0 Å². The van der Waals surface area contributed by atoms with Crippen molar-refractivity contribution in [2.24, 2.45) is 0 Å². The predicted octanol–water partition coefficient (Wildman–Crippen LogP) is 1.87. The zero-order valence-corrected chi connectivity index (χ0v) is 13.7. The van der Waals surface area contributed by atoms with E-state index in [0.29, 0.717) is 17.5 Å². The van der Waals surface area contributed by atoms with E-state index in [0.717, 1.165) is 30.8 Å². The highest BCUT2D eigenvalue weighted by molar-refractivity contribution is 7.91. The van der Waals surface area contributed by atoms with Gasteiger partial charge in [0.2, 0.25) is 0 Å². The zero-order chi connectivity index (χ0) is 15.0. The van der Waals surface area contributed by atoms with Crippen molar-refractivity contribution in [3.05, 3.63) is 17.0 Å². The molecule has 0 N–H and O–H groups in total. The number of hydrogen-bond acceptors (Lipinski definition) is 5. The molecule has 5 nitrogen and oxygen atoms in total. The van der Waals surface area contributed by atoms with Crippen LogP contribution in [0.3, 0.4) is 0 Å². The van der Waals surface area contributed by atoms with Gasteiger partial charge in [-0.15, -0.1) is 11.3 Å². The smallest absolute Gasteiger partial charge is 0.252 e. The average molecular weight is 325 g/mol. The largest absolute Gasteiger partial charge is 0.297 e. The number of piperidine rings is 1. The van der Waals surface area contributed by atoms with E-state index in [-0.39, 0.29) is 10.3 Å². The molecule has 21 heavy (non-hydrogen) atoms. The molecule has 7 heteroatoms. The van der Waals surface area contributed by atoms with Crippen molar-refractivity contribution < 1.29 is 8.42 Å². The van der Waals surface area contributed by atoms with E-state index in [1.165, 1.54) is 12.8 Å². The molecule has 1 aromatic heterocycles. The molecule has 1 aromatic rings. The summed E-state index contributed by atoms with van der Waals surface area (Å²) in [4.78, 5) is 2.87. The van der Waals surface area contributed by atoms with Gasteiger partial charge in [0, 0.05) is 25.2 Å². The zero-order valence-electron chi connectivity index (χ0n) is 12.0. The van der Waals surface area contributed by atoms with Gasteiger partial charge in [-0.25, -0.2) is 8.42 Å². The van der Waals surface area contributed by atoms with E-state index in [1.807, 2.05) is 13.0 Å². The summed E-state index contributed by atoms with van der Waals surface area (Å²) in [6.07, 6.45) is 3.47. The summed E-state index contributed by atoms with van der Waals surface area (Å²) in [6, 6.07) is 5.47. The summed E-state index contributed by atoms with van der Waals surface area (Å²) in [6.45, 7) is 4.44. The number of sulfonamides is 1. The van der Waals surface area contributed by atoms with Crippen LogP contribution in [0.2, 0.25) is 0 Å². The van der Waals surface area contributed by atoms with Crippen molar-refractivity contribution in [1.82, 2.24) is 9.21 Å². The second-order valence-electron chi connectivity index (χ2n) is 5.80. The van der Waals surface area contributed by atoms with Crippen molar-refractivity contribution in [3.8, 4) is 6.07 Å². The molecular formula is C14H19N3O2S2. The standard InChI is InChI=1S/C14H19N3O2S2/c1-11-9-16-7-3-2-4-12(16)10-17(11)21(18,19)14-6-5-13(8-15)20-14/h5-6,11-12H,2-4,7,9-10H2,1H3. The maximum absolute atomic E-state index is 12.8. The molecular weight excluding hydrogens is 306 g/mol. The molecule has 2 aliphatic heterocycles. The van der Waals surface area contributed by atoms with Crippen LogP contribution in [-0.2, 0) is 10.0 Å². The fourth-order valence-electron chi connectivity index (χ4n) is 3.29. The molecule has 0 spiro atoms. The number of thiophene rings is 1. The summed E-state index contributed by atoms with van der Waals surface area (Å²) >= 11 is 1.06. The molecule has 0 radical (unpaired) electrons. The molecule has 0 bridgehead atoms. The van der Waals surface area contributed by atoms with Crippen LogP contribution in [0, 0.1) is 11.3 Å². The molecule has 0 saturated carbocycles. The lowest BCUT2D eigenvalue weighted by atomic mass is 9.99. The fourth-order valence-corrected chi connectivity index (χ4v) is 6.19. The van der Waals surface area contributed by atoms with E-state index < -0.39 is 10.0 Å². The maximum Gasteiger partial charge on any atom is 0.252 e. The summed E-state index contributed by atoms with van der Waals surface area (Å²) in [5.74, 6) is 0. The third-order valence-corrected chi connectivity index (χ3v) is 7.82. The Morgan fingerprint density at radius 2 is 2.14 bits per heavy atom. The van der Waals surface area contributed by atoms with Crippen LogP contribution in [0.25, 0.3) is 0 Å². The van der Waals surface area contributed by atoms with Crippen LogP contribution in [0.15, 0.2) is 16.3 Å². The molecule has 3 heterocycles. The Morgan fingerprint density at radius 3 is 2.86 bits per heavy atom. The molecule has 0 amide bonds. The van der Waals surface area contributed by atoms with Gasteiger partial charge in [-0.1, -0.05) is 6.42 Å². The van der Waals surface area contributed by atoms with Crippen molar-refractivity contribution in [2.75, 3.05) is 19.6 Å². The number of nitriles is 1. The first kappa shape index (κ1) is 15.0. The van der Waals surface area contributed by atoms with Gasteiger partial charge in [-0.05, 0) is 38.4 Å². The normalized spacial score (nSPS) is 28.0. The molecule has 0 aromatic carbocycles. The van der Waals surface area contributed by atoms with Gasteiger partial charge >= 0.3 is 0 Å². The lowest BCUT2D eigenvalue weighted by Crippen LogP contribution is -2.59. The van der Waals surface area contributed by atoms with Crippen molar-refractivity contribution in [2.45, 2.75) is 42.5 Å². The highest BCUT2D eigenvalue weighted by Gasteiger charge is 2.39. The second kappa shape index (κ2) is 5.69. The minimum atomic E-state index is -3.48. The Labute approximate surface area is 129 Å². The Kier molecular flexibility index (Phi) is 4.06. The predicted molar refractivity (Wildman–Crippen MR) is 81.6 cm³/mol. The number of piperazine rings is 1. The monoisotopic (exact) mass is 325 g/mol. The number of nitrogens with zero attached hydrogens (tertiary/aromatic N) is 3. The first-order valence-electron chi connectivity index (χ1n) is 7.28. The third-order valence-electron chi connectivity index (χ3n) is 4.38. The van der Waals surface area contributed by atoms with E-state index in [4.69, 9.17) is 5.26 Å². The molecule has 2 saturated heterocycles. The SMILES string of the molecule is CC1CN2CCCCC2CN1S(=O)(=O)c1ccc(C#N)s1. The Morgan fingerprint density at radius 1 is 1.33 bits per heavy atom. The van der Waals surface area contributed by atoms with E-state index in [1.54, 1.807) is 16.4 Å². The van der Waals surface area contributed by atoms with E-state index in [2.05, 4.69) is 4.90 Å². The van der Waals surface area contributed by atoms with Crippen LogP contribution in [0.5, 0.6) is 0 Å². The molecule has 0 aliphatic carbocycles. The highest BCUT2D eigenvalue weighted by atomic mass is 32.2. The highest BCUT2D eigenvalue weighted by Crippen LogP contribution is 2.31. The minimum absolute atomic E-state index is 0.0167. The summed E-state index contributed by atoms with van der Waals surface area (Å²) in [5, 5.41) is 8.88.